The Morgan fingerprint density at radius 3 is 2.95 bits per heavy atom. The molecule has 0 atom stereocenters. The zero-order chi connectivity index (χ0) is 13.8. The van der Waals surface area contributed by atoms with Crippen LogP contribution in [0.1, 0.15) is 16.3 Å². The van der Waals surface area contributed by atoms with Crippen molar-refractivity contribution in [2.75, 3.05) is 12.4 Å². The average molecular weight is 279 g/mol. The van der Waals surface area contributed by atoms with Crippen LogP contribution in [0.5, 0.6) is 5.75 Å². The number of ether oxygens (including phenoxy) is 1. The number of halogens is 1. The highest BCUT2D eigenvalue weighted by atomic mass is 35.5. The van der Waals surface area contributed by atoms with Gasteiger partial charge in [0.15, 0.2) is 5.69 Å². The molecule has 2 rings (SSSR count). The van der Waals surface area contributed by atoms with E-state index in [1.54, 1.807) is 19.1 Å². The molecular weight excluding hydrogens is 268 g/mol. The zero-order valence-electron chi connectivity index (χ0n) is 10.3. The van der Waals surface area contributed by atoms with Crippen molar-refractivity contribution in [1.29, 1.82) is 0 Å². The molecule has 0 radical (unpaired) electrons. The monoisotopic (exact) mass is 278 g/mol. The second-order valence-electron chi connectivity index (χ2n) is 3.65. The predicted molar refractivity (Wildman–Crippen MR) is 70.5 cm³/mol. The first-order valence-corrected chi connectivity index (χ1v) is 5.78. The molecule has 0 aliphatic heterocycles. The molecule has 0 bridgehead atoms. The number of carbonyl (C=O) groups is 1. The van der Waals surface area contributed by atoms with Gasteiger partial charge in [0.05, 0.1) is 18.3 Å². The number of nitrogens with zero attached hydrogens (tertiary/aromatic N) is 3. The van der Waals surface area contributed by atoms with Crippen LogP contribution in [0, 0.1) is 6.92 Å². The maximum Gasteiger partial charge on any atom is 0.277 e. The molecular formula is C12H11ClN4O2. The van der Waals surface area contributed by atoms with Crippen LogP contribution in [0.15, 0.2) is 24.5 Å². The predicted octanol–water partition coefficient (Wildman–Crippen LogP) is 2.09. The fourth-order valence-electron chi connectivity index (χ4n) is 1.40. The van der Waals surface area contributed by atoms with Crippen molar-refractivity contribution in [3.63, 3.8) is 0 Å². The van der Waals surface area contributed by atoms with Crippen LogP contribution >= 0.6 is 11.6 Å². The van der Waals surface area contributed by atoms with Crippen molar-refractivity contribution in [2.24, 2.45) is 0 Å². The minimum atomic E-state index is -0.448. The highest BCUT2D eigenvalue weighted by Crippen LogP contribution is 2.17. The maximum atomic E-state index is 12.0. The van der Waals surface area contributed by atoms with Gasteiger partial charge in [-0.15, -0.1) is 0 Å². The van der Waals surface area contributed by atoms with Gasteiger partial charge in [-0.3, -0.25) is 4.79 Å². The molecule has 2 aromatic rings. The van der Waals surface area contributed by atoms with E-state index in [9.17, 15) is 4.79 Å². The van der Waals surface area contributed by atoms with E-state index in [4.69, 9.17) is 16.3 Å². The van der Waals surface area contributed by atoms with E-state index in [1.165, 1.54) is 19.5 Å². The first-order valence-electron chi connectivity index (χ1n) is 5.40. The molecule has 2 aromatic heterocycles. The van der Waals surface area contributed by atoms with Gasteiger partial charge in [0, 0.05) is 12.3 Å². The van der Waals surface area contributed by atoms with Gasteiger partial charge in [-0.1, -0.05) is 11.6 Å². The largest absolute Gasteiger partial charge is 0.497 e. The molecule has 0 fully saturated rings. The Morgan fingerprint density at radius 1 is 1.42 bits per heavy atom. The van der Waals surface area contributed by atoms with Crippen molar-refractivity contribution < 1.29 is 9.53 Å². The normalized spacial score (nSPS) is 10.1. The van der Waals surface area contributed by atoms with Crippen LogP contribution in [0.2, 0.25) is 5.02 Å². The summed E-state index contributed by atoms with van der Waals surface area (Å²) in [6, 6.07) is 3.28. The van der Waals surface area contributed by atoms with Gasteiger partial charge in [-0.25, -0.2) is 15.0 Å². The van der Waals surface area contributed by atoms with E-state index >= 15 is 0 Å². The van der Waals surface area contributed by atoms with E-state index in [2.05, 4.69) is 20.3 Å². The molecule has 0 saturated heterocycles. The van der Waals surface area contributed by atoms with Gasteiger partial charge in [-0.2, -0.15) is 0 Å². The lowest BCUT2D eigenvalue weighted by Gasteiger charge is -2.06. The van der Waals surface area contributed by atoms with Crippen LogP contribution in [0.4, 0.5) is 5.82 Å². The Hall–Kier alpha value is -2.21. The summed E-state index contributed by atoms with van der Waals surface area (Å²) in [6.45, 7) is 1.68. The third-order valence-electron chi connectivity index (χ3n) is 2.29. The van der Waals surface area contributed by atoms with Crippen LogP contribution in [0.25, 0.3) is 0 Å². The number of methoxy groups -OCH3 is 1. The quantitative estimate of drug-likeness (QED) is 0.930. The third-order valence-corrected chi connectivity index (χ3v) is 2.56. The Kier molecular flexibility index (Phi) is 3.91. The van der Waals surface area contributed by atoms with Crippen molar-refractivity contribution >= 4 is 23.3 Å². The van der Waals surface area contributed by atoms with Crippen LogP contribution in [0.3, 0.4) is 0 Å². The number of rotatable bonds is 3. The molecule has 1 N–H and O–H groups in total. The van der Waals surface area contributed by atoms with Crippen molar-refractivity contribution in [3.05, 3.63) is 41.1 Å². The number of carbonyl (C=O) groups excluding carboxylic acids is 1. The second kappa shape index (κ2) is 5.62. The number of nitrogens with one attached hydrogen (secondary N) is 1. The molecule has 0 spiro atoms. The smallest absolute Gasteiger partial charge is 0.277 e. The van der Waals surface area contributed by atoms with Gasteiger partial charge < -0.3 is 10.1 Å². The molecule has 0 aromatic carbocycles. The molecule has 6 nitrogen and oxygen atoms in total. The summed E-state index contributed by atoms with van der Waals surface area (Å²) in [4.78, 5) is 23.9. The first kappa shape index (κ1) is 13.2. The van der Waals surface area contributed by atoms with Gasteiger partial charge >= 0.3 is 0 Å². The lowest BCUT2D eigenvalue weighted by atomic mass is 10.3. The van der Waals surface area contributed by atoms with Gasteiger partial charge in [0.2, 0.25) is 0 Å². The number of hydrogen-bond acceptors (Lipinski definition) is 5. The van der Waals surface area contributed by atoms with Crippen molar-refractivity contribution in [2.45, 2.75) is 6.92 Å². The number of aromatic nitrogens is 3. The molecule has 98 valence electrons. The summed E-state index contributed by atoms with van der Waals surface area (Å²) in [5.41, 5.74) is 0.110. The van der Waals surface area contributed by atoms with Crippen LogP contribution in [-0.2, 0) is 0 Å². The summed E-state index contributed by atoms with van der Waals surface area (Å²) in [6.07, 6.45) is 2.92. The number of anilines is 1. The summed E-state index contributed by atoms with van der Waals surface area (Å²) < 4.78 is 5.04. The lowest BCUT2D eigenvalue weighted by Crippen LogP contribution is -2.16. The second-order valence-corrected chi connectivity index (χ2v) is 4.06. The van der Waals surface area contributed by atoms with Gasteiger partial charge in [0.1, 0.15) is 17.4 Å². The van der Waals surface area contributed by atoms with Crippen molar-refractivity contribution in [1.82, 2.24) is 15.0 Å². The Bertz CT molecular complexity index is 618. The molecule has 7 heteroatoms. The fourth-order valence-corrected chi connectivity index (χ4v) is 1.57. The fraction of sp³-hybridized carbons (Fsp3) is 0.167. The van der Waals surface area contributed by atoms with Gasteiger partial charge in [-0.05, 0) is 13.0 Å². The third kappa shape index (κ3) is 3.17. The van der Waals surface area contributed by atoms with E-state index in [1.807, 2.05) is 0 Å². The lowest BCUT2D eigenvalue weighted by molar-refractivity contribution is 0.102. The Balaban J connectivity index is 2.23. The van der Waals surface area contributed by atoms with Crippen molar-refractivity contribution in [3.8, 4) is 5.75 Å². The molecule has 19 heavy (non-hydrogen) atoms. The minimum Gasteiger partial charge on any atom is -0.497 e. The number of aryl methyl sites for hydroxylation is 1. The van der Waals surface area contributed by atoms with E-state index in [0.717, 1.165) is 0 Å². The molecule has 2 heterocycles. The number of amides is 1. The summed E-state index contributed by atoms with van der Waals surface area (Å²) in [5, 5.41) is 2.78. The molecule has 0 saturated carbocycles. The maximum absolute atomic E-state index is 12.0. The zero-order valence-corrected chi connectivity index (χ0v) is 11.1. The molecule has 0 unspecified atom stereocenters. The average Bonchev–Trinajstić information content (AvgIpc) is 2.41. The van der Waals surface area contributed by atoms with Crippen LogP contribution < -0.4 is 10.1 Å². The highest BCUT2D eigenvalue weighted by Gasteiger charge is 2.14. The molecule has 0 aliphatic carbocycles. The molecule has 0 aliphatic rings. The summed E-state index contributed by atoms with van der Waals surface area (Å²) in [5.74, 6) is 0.969. The SMILES string of the molecule is COc1ccnc(NC(=O)c2nc(C)ncc2Cl)c1. The summed E-state index contributed by atoms with van der Waals surface area (Å²) >= 11 is 5.88. The Morgan fingerprint density at radius 2 is 2.21 bits per heavy atom. The standard InChI is InChI=1S/C12H11ClN4O2/c1-7-15-6-9(13)11(16-7)12(18)17-10-5-8(19-2)3-4-14-10/h3-6H,1-2H3,(H,14,17,18). The first-order chi connectivity index (χ1) is 9.10. The highest BCUT2D eigenvalue weighted by molar-refractivity contribution is 6.33. The van der Waals surface area contributed by atoms with E-state index in [-0.39, 0.29) is 10.7 Å². The topological polar surface area (TPSA) is 77.0 Å². The van der Waals surface area contributed by atoms with Gasteiger partial charge in [0.25, 0.3) is 5.91 Å². The van der Waals surface area contributed by atoms with Crippen LogP contribution in [-0.4, -0.2) is 28.0 Å². The number of hydrogen-bond donors (Lipinski definition) is 1. The minimum absolute atomic E-state index is 0.110. The Labute approximate surface area is 114 Å². The number of pyridine rings is 1. The van der Waals surface area contributed by atoms with E-state index < -0.39 is 5.91 Å². The van der Waals surface area contributed by atoms with E-state index in [0.29, 0.717) is 17.4 Å². The summed E-state index contributed by atoms with van der Waals surface area (Å²) in [7, 11) is 1.53. The molecule has 1 amide bonds.